The molecule has 0 aromatic carbocycles. The second-order valence-corrected chi connectivity index (χ2v) is 5.17. The molecule has 0 saturated heterocycles. The van der Waals surface area contributed by atoms with E-state index in [9.17, 15) is 0 Å². The highest BCUT2D eigenvalue weighted by molar-refractivity contribution is 14.0. The molecule has 0 nitrogen and oxygen atoms in total. The molecule has 0 heterocycles. The average molecular weight is 292 g/mol. The van der Waals surface area contributed by atoms with Gasteiger partial charge < -0.3 is 0 Å². The monoisotopic (exact) mass is 292 g/mol. The maximum Gasteiger partial charge on any atom is -0.0115 e. The first-order valence-electron chi connectivity index (χ1n) is 5.34. The van der Waals surface area contributed by atoms with Crippen LogP contribution in [0.4, 0.5) is 0 Å². The molecule has 0 atom stereocenters. The first kappa shape index (κ1) is 11.5. The second kappa shape index (κ2) is 3.92. The molecule has 0 bridgehead atoms. The van der Waals surface area contributed by atoms with Crippen molar-refractivity contribution in [2.24, 2.45) is 10.8 Å². The van der Waals surface area contributed by atoms with Crippen molar-refractivity contribution in [2.45, 2.75) is 52.4 Å². The molecule has 2 aliphatic carbocycles. The van der Waals surface area contributed by atoms with E-state index in [-0.39, 0.29) is 24.0 Å². The summed E-state index contributed by atoms with van der Waals surface area (Å²) in [4.78, 5) is 0. The Balaban J connectivity index is 0.000000845. The Morgan fingerprint density at radius 3 is 2.08 bits per heavy atom. The van der Waals surface area contributed by atoms with Crippen LogP contribution < -0.4 is 0 Å². The highest BCUT2D eigenvalue weighted by Gasteiger charge is 2.45. The fraction of sp³-hybridized carbons (Fsp3) is 0.833. The molecular weight excluding hydrogens is 271 g/mol. The minimum atomic E-state index is 0. The van der Waals surface area contributed by atoms with Crippen LogP contribution in [0.2, 0.25) is 0 Å². The summed E-state index contributed by atoms with van der Waals surface area (Å²) in [6.45, 7) is 4.84. The van der Waals surface area contributed by atoms with Gasteiger partial charge in [0.25, 0.3) is 0 Å². The Morgan fingerprint density at radius 1 is 1.00 bits per heavy atom. The SMILES string of the molecule is CC1(C)C=CCC12CCCCC2.I. The van der Waals surface area contributed by atoms with Crippen LogP contribution in [0.5, 0.6) is 0 Å². The third kappa shape index (κ3) is 1.81. The van der Waals surface area contributed by atoms with E-state index in [0.29, 0.717) is 10.8 Å². The molecule has 0 aromatic heterocycles. The topological polar surface area (TPSA) is 0 Å². The van der Waals surface area contributed by atoms with Crippen LogP contribution in [0.1, 0.15) is 52.4 Å². The first-order valence-corrected chi connectivity index (χ1v) is 5.34. The smallest absolute Gasteiger partial charge is 0.0115 e. The lowest BCUT2D eigenvalue weighted by molar-refractivity contribution is 0.0805. The average Bonchev–Trinajstić information content (AvgIpc) is 2.30. The van der Waals surface area contributed by atoms with Gasteiger partial charge in [-0.25, -0.2) is 0 Å². The normalized spacial score (nSPS) is 28.8. The molecule has 1 fully saturated rings. The van der Waals surface area contributed by atoms with Crippen molar-refractivity contribution in [2.75, 3.05) is 0 Å². The van der Waals surface area contributed by atoms with Gasteiger partial charge in [0, 0.05) is 0 Å². The Labute approximate surface area is 99.2 Å². The predicted octanol–water partition coefficient (Wildman–Crippen LogP) is 4.54. The fourth-order valence-electron chi connectivity index (χ4n) is 3.10. The van der Waals surface area contributed by atoms with Crippen LogP contribution in [-0.2, 0) is 0 Å². The highest BCUT2D eigenvalue weighted by atomic mass is 127. The van der Waals surface area contributed by atoms with Gasteiger partial charge in [0.2, 0.25) is 0 Å². The fourth-order valence-corrected chi connectivity index (χ4v) is 3.10. The summed E-state index contributed by atoms with van der Waals surface area (Å²) >= 11 is 0. The molecule has 1 saturated carbocycles. The summed E-state index contributed by atoms with van der Waals surface area (Å²) in [5.74, 6) is 0. The Bertz CT molecular complexity index is 197. The summed E-state index contributed by atoms with van der Waals surface area (Å²) in [5.41, 5.74) is 1.14. The summed E-state index contributed by atoms with van der Waals surface area (Å²) in [6.07, 6.45) is 13.5. The summed E-state index contributed by atoms with van der Waals surface area (Å²) < 4.78 is 0. The zero-order valence-electron chi connectivity index (χ0n) is 8.81. The molecule has 0 aromatic rings. The summed E-state index contributed by atoms with van der Waals surface area (Å²) in [5, 5.41) is 0. The molecule has 2 rings (SSSR count). The molecule has 1 spiro atoms. The van der Waals surface area contributed by atoms with E-state index >= 15 is 0 Å². The maximum atomic E-state index is 2.44. The van der Waals surface area contributed by atoms with Crippen LogP contribution in [-0.4, -0.2) is 0 Å². The highest BCUT2D eigenvalue weighted by Crippen LogP contribution is 2.56. The van der Waals surface area contributed by atoms with Crippen LogP contribution >= 0.6 is 24.0 Å². The molecule has 0 unspecified atom stereocenters. The van der Waals surface area contributed by atoms with Gasteiger partial charge in [0.05, 0.1) is 0 Å². The van der Waals surface area contributed by atoms with E-state index in [0.717, 1.165) is 0 Å². The standard InChI is InChI=1S/C12H20.HI/c1-11(2)7-6-10-12(11)8-4-3-5-9-12;/h6-7H,3-5,8-10H2,1-2H3;1H. The Morgan fingerprint density at radius 2 is 1.62 bits per heavy atom. The van der Waals surface area contributed by atoms with Crippen LogP contribution in [0, 0.1) is 10.8 Å². The van der Waals surface area contributed by atoms with Crippen LogP contribution in [0.3, 0.4) is 0 Å². The molecule has 0 aliphatic heterocycles. The Kier molecular flexibility index (Phi) is 3.48. The van der Waals surface area contributed by atoms with E-state index in [1.54, 1.807) is 0 Å². The van der Waals surface area contributed by atoms with E-state index in [1.165, 1.54) is 38.5 Å². The quantitative estimate of drug-likeness (QED) is 0.454. The third-order valence-electron chi connectivity index (χ3n) is 4.22. The summed E-state index contributed by atoms with van der Waals surface area (Å²) in [7, 11) is 0. The van der Waals surface area contributed by atoms with Crippen molar-refractivity contribution < 1.29 is 0 Å². The number of rotatable bonds is 0. The Hall–Kier alpha value is 0.470. The molecule has 76 valence electrons. The largest absolute Gasteiger partial charge is 0.107 e. The van der Waals surface area contributed by atoms with Crippen LogP contribution in [0.15, 0.2) is 12.2 Å². The lowest BCUT2D eigenvalue weighted by Crippen LogP contribution is -2.34. The van der Waals surface area contributed by atoms with Crippen molar-refractivity contribution in [1.82, 2.24) is 0 Å². The van der Waals surface area contributed by atoms with Gasteiger partial charge in [0.1, 0.15) is 0 Å². The number of allylic oxidation sites excluding steroid dienone is 2. The van der Waals surface area contributed by atoms with Gasteiger partial charge in [-0.15, -0.1) is 24.0 Å². The van der Waals surface area contributed by atoms with Crippen molar-refractivity contribution >= 4 is 24.0 Å². The first-order chi connectivity index (χ1) is 5.66. The number of halogens is 1. The van der Waals surface area contributed by atoms with Crippen molar-refractivity contribution in [3.63, 3.8) is 0 Å². The van der Waals surface area contributed by atoms with Gasteiger partial charge in [0.15, 0.2) is 0 Å². The molecule has 0 N–H and O–H groups in total. The van der Waals surface area contributed by atoms with Crippen molar-refractivity contribution in [3.8, 4) is 0 Å². The van der Waals surface area contributed by atoms with E-state index in [4.69, 9.17) is 0 Å². The minimum absolute atomic E-state index is 0. The molecule has 1 heteroatoms. The van der Waals surface area contributed by atoms with E-state index < -0.39 is 0 Å². The minimum Gasteiger partial charge on any atom is -0.107 e. The van der Waals surface area contributed by atoms with Gasteiger partial charge >= 0.3 is 0 Å². The number of hydrogen-bond donors (Lipinski definition) is 0. The molecule has 0 amide bonds. The van der Waals surface area contributed by atoms with Gasteiger partial charge in [-0.3, -0.25) is 0 Å². The zero-order chi connectivity index (χ0) is 8.66. The van der Waals surface area contributed by atoms with Crippen molar-refractivity contribution in [3.05, 3.63) is 12.2 Å². The zero-order valence-corrected chi connectivity index (χ0v) is 11.1. The maximum absolute atomic E-state index is 2.44. The predicted molar refractivity (Wildman–Crippen MR) is 68.5 cm³/mol. The van der Waals surface area contributed by atoms with E-state index in [1.807, 2.05) is 0 Å². The lowest BCUT2D eigenvalue weighted by Gasteiger charge is -2.44. The molecule has 0 radical (unpaired) electrons. The van der Waals surface area contributed by atoms with Gasteiger partial charge in [-0.1, -0.05) is 45.3 Å². The molecule has 13 heavy (non-hydrogen) atoms. The number of hydrogen-bond acceptors (Lipinski definition) is 0. The van der Waals surface area contributed by atoms with Gasteiger partial charge in [-0.2, -0.15) is 0 Å². The summed E-state index contributed by atoms with van der Waals surface area (Å²) in [6, 6.07) is 0. The lowest BCUT2D eigenvalue weighted by atomic mass is 9.60. The third-order valence-corrected chi connectivity index (χ3v) is 4.22. The second-order valence-electron chi connectivity index (χ2n) is 5.17. The van der Waals surface area contributed by atoms with E-state index in [2.05, 4.69) is 26.0 Å². The van der Waals surface area contributed by atoms with Crippen molar-refractivity contribution in [1.29, 1.82) is 0 Å². The molecule has 2 aliphatic rings. The molecular formula is C12H21I. The van der Waals surface area contributed by atoms with Crippen LogP contribution in [0.25, 0.3) is 0 Å². The van der Waals surface area contributed by atoms with Gasteiger partial charge in [-0.05, 0) is 30.1 Å².